The second-order valence-electron chi connectivity index (χ2n) is 2.80. The van der Waals surface area contributed by atoms with Gasteiger partial charge in [-0.1, -0.05) is 0 Å². The molecule has 88 valence electrons. The van der Waals surface area contributed by atoms with Crippen molar-refractivity contribution >= 4 is 11.9 Å². The van der Waals surface area contributed by atoms with Crippen molar-refractivity contribution in [1.82, 2.24) is 0 Å². The molecule has 0 aromatic rings. The van der Waals surface area contributed by atoms with E-state index in [2.05, 4.69) is 9.47 Å². The van der Waals surface area contributed by atoms with E-state index in [0.29, 0.717) is 0 Å². The van der Waals surface area contributed by atoms with Crippen molar-refractivity contribution in [2.45, 2.75) is 12.1 Å². The van der Waals surface area contributed by atoms with Crippen molar-refractivity contribution in [2.24, 2.45) is 11.5 Å². The van der Waals surface area contributed by atoms with Crippen LogP contribution in [0.2, 0.25) is 0 Å². The summed E-state index contributed by atoms with van der Waals surface area (Å²) in [5.74, 6) is -1.16. The molecule has 4 N–H and O–H groups in total. The van der Waals surface area contributed by atoms with Crippen molar-refractivity contribution in [3.63, 3.8) is 0 Å². The lowest BCUT2D eigenvalue weighted by atomic mass is 10.3. The molecule has 0 saturated heterocycles. The Morgan fingerprint density at radius 3 is 1.60 bits per heavy atom. The lowest BCUT2D eigenvalue weighted by molar-refractivity contribution is -0.145. The van der Waals surface area contributed by atoms with Crippen LogP contribution in [-0.4, -0.2) is 51.5 Å². The van der Waals surface area contributed by atoms with Gasteiger partial charge >= 0.3 is 11.9 Å². The minimum absolute atomic E-state index is 0.0582. The lowest BCUT2D eigenvalue weighted by Gasteiger charge is -2.12. The highest BCUT2D eigenvalue weighted by atomic mass is 16.5. The number of rotatable bonds is 6. The molecule has 0 aromatic carbocycles. The fourth-order valence-corrected chi connectivity index (χ4v) is 0.761. The summed E-state index contributed by atoms with van der Waals surface area (Å²) in [5.41, 5.74) is 10.7. The highest BCUT2D eigenvalue weighted by Crippen LogP contribution is 1.89. The number of esters is 2. The molecule has 0 spiro atoms. The maximum absolute atomic E-state index is 10.8. The Morgan fingerprint density at radius 1 is 1.00 bits per heavy atom. The largest absolute Gasteiger partial charge is 0.468 e. The third-order valence-electron chi connectivity index (χ3n) is 1.60. The van der Waals surface area contributed by atoms with Gasteiger partial charge in [-0.05, 0) is 0 Å². The zero-order chi connectivity index (χ0) is 11.8. The lowest BCUT2D eigenvalue weighted by Crippen LogP contribution is -2.40. The van der Waals surface area contributed by atoms with E-state index in [1.54, 1.807) is 0 Å². The van der Waals surface area contributed by atoms with E-state index in [1.165, 1.54) is 14.2 Å². The van der Waals surface area contributed by atoms with E-state index < -0.39 is 24.0 Å². The molecule has 7 heteroatoms. The van der Waals surface area contributed by atoms with Crippen molar-refractivity contribution in [3.8, 4) is 0 Å². The standard InChI is InChI=1S/C8H16N2O5/c1-13-7(11)5(9)3-15-4-6(10)8(12)14-2/h5-6H,3-4,9-10H2,1-2H3/t5-,6-/m1/s1. The van der Waals surface area contributed by atoms with E-state index in [0.717, 1.165) is 0 Å². The van der Waals surface area contributed by atoms with Gasteiger partial charge in [-0.2, -0.15) is 0 Å². The van der Waals surface area contributed by atoms with Crippen LogP contribution in [0.25, 0.3) is 0 Å². The van der Waals surface area contributed by atoms with Gasteiger partial charge in [0, 0.05) is 0 Å². The van der Waals surface area contributed by atoms with Gasteiger partial charge in [0.1, 0.15) is 12.1 Å². The van der Waals surface area contributed by atoms with Crippen LogP contribution >= 0.6 is 0 Å². The molecule has 0 aliphatic carbocycles. The first kappa shape index (κ1) is 13.8. The van der Waals surface area contributed by atoms with E-state index in [1.807, 2.05) is 0 Å². The van der Waals surface area contributed by atoms with Crippen LogP contribution < -0.4 is 11.5 Å². The predicted molar refractivity (Wildman–Crippen MR) is 50.8 cm³/mol. The summed E-state index contributed by atoms with van der Waals surface area (Å²) < 4.78 is 13.7. The number of nitrogens with two attached hydrogens (primary N) is 2. The molecule has 0 aliphatic rings. The molecule has 15 heavy (non-hydrogen) atoms. The van der Waals surface area contributed by atoms with Crippen LogP contribution in [0.3, 0.4) is 0 Å². The topological polar surface area (TPSA) is 114 Å². The van der Waals surface area contributed by atoms with Crippen molar-refractivity contribution in [2.75, 3.05) is 27.4 Å². The van der Waals surface area contributed by atoms with Gasteiger partial charge in [-0.15, -0.1) is 0 Å². The Morgan fingerprint density at radius 2 is 1.33 bits per heavy atom. The molecule has 0 aromatic heterocycles. The average Bonchev–Trinajstić information content (AvgIpc) is 2.26. The molecular formula is C8H16N2O5. The second-order valence-corrected chi connectivity index (χ2v) is 2.80. The minimum Gasteiger partial charge on any atom is -0.468 e. The Hall–Kier alpha value is -1.18. The number of carbonyl (C=O) groups is 2. The van der Waals surface area contributed by atoms with Crippen molar-refractivity contribution in [3.05, 3.63) is 0 Å². The predicted octanol–water partition coefficient (Wildman–Crippen LogP) is -2.00. The number of hydrogen-bond donors (Lipinski definition) is 2. The average molecular weight is 220 g/mol. The van der Waals surface area contributed by atoms with E-state index >= 15 is 0 Å². The summed E-state index contributed by atoms with van der Waals surface area (Å²) in [4.78, 5) is 21.7. The van der Waals surface area contributed by atoms with E-state index in [9.17, 15) is 9.59 Å². The van der Waals surface area contributed by atoms with Crippen LogP contribution in [-0.2, 0) is 23.8 Å². The monoisotopic (exact) mass is 220 g/mol. The van der Waals surface area contributed by atoms with E-state index in [4.69, 9.17) is 16.2 Å². The molecule has 0 saturated carbocycles. The van der Waals surface area contributed by atoms with E-state index in [-0.39, 0.29) is 13.2 Å². The van der Waals surface area contributed by atoms with Crippen molar-refractivity contribution in [1.29, 1.82) is 0 Å². The van der Waals surface area contributed by atoms with Gasteiger partial charge in [0.15, 0.2) is 0 Å². The SMILES string of the molecule is COC(=O)[C@H](N)COC[C@@H](N)C(=O)OC. The summed E-state index contributed by atoms with van der Waals surface area (Å²) in [5, 5.41) is 0. The van der Waals surface area contributed by atoms with Gasteiger partial charge < -0.3 is 25.7 Å². The molecule has 2 atom stereocenters. The molecule has 0 amide bonds. The number of ether oxygens (including phenoxy) is 3. The Kier molecular flexibility index (Phi) is 6.59. The molecule has 0 aliphatic heterocycles. The molecule has 0 bridgehead atoms. The zero-order valence-electron chi connectivity index (χ0n) is 8.76. The maximum atomic E-state index is 10.8. The molecule has 0 heterocycles. The van der Waals surface area contributed by atoms with Crippen LogP contribution in [0.5, 0.6) is 0 Å². The Labute approximate surface area is 87.6 Å². The smallest absolute Gasteiger partial charge is 0.325 e. The highest BCUT2D eigenvalue weighted by molar-refractivity contribution is 5.76. The fourth-order valence-electron chi connectivity index (χ4n) is 0.761. The third kappa shape index (κ3) is 5.31. The Balaban J connectivity index is 3.70. The summed E-state index contributed by atoms with van der Waals surface area (Å²) in [6, 6.07) is -1.75. The second kappa shape index (κ2) is 7.16. The first-order valence-corrected chi connectivity index (χ1v) is 4.27. The fraction of sp³-hybridized carbons (Fsp3) is 0.750. The van der Waals surface area contributed by atoms with Gasteiger partial charge in [-0.3, -0.25) is 9.59 Å². The van der Waals surface area contributed by atoms with Crippen LogP contribution in [0, 0.1) is 0 Å². The third-order valence-corrected chi connectivity index (χ3v) is 1.60. The molecular weight excluding hydrogens is 204 g/mol. The summed E-state index contributed by atoms with van der Waals surface area (Å²) in [6.07, 6.45) is 0. The molecule has 0 rings (SSSR count). The van der Waals surface area contributed by atoms with Crippen LogP contribution in [0.4, 0.5) is 0 Å². The first-order chi connectivity index (χ1) is 7.02. The normalized spacial score (nSPS) is 14.1. The number of methoxy groups -OCH3 is 2. The number of carbonyl (C=O) groups excluding carboxylic acids is 2. The molecule has 7 nitrogen and oxygen atoms in total. The Bertz CT molecular complexity index is 199. The van der Waals surface area contributed by atoms with Gasteiger partial charge in [0.05, 0.1) is 27.4 Å². The summed E-state index contributed by atoms with van der Waals surface area (Å²) in [7, 11) is 2.45. The van der Waals surface area contributed by atoms with Crippen molar-refractivity contribution < 1.29 is 23.8 Å². The quantitative estimate of drug-likeness (QED) is 0.498. The van der Waals surface area contributed by atoms with Gasteiger partial charge in [-0.25, -0.2) is 0 Å². The molecule has 0 radical (unpaired) electrons. The number of hydrogen-bond acceptors (Lipinski definition) is 7. The highest BCUT2D eigenvalue weighted by Gasteiger charge is 2.17. The molecule has 0 fully saturated rings. The van der Waals surface area contributed by atoms with Gasteiger partial charge in [0.2, 0.25) is 0 Å². The van der Waals surface area contributed by atoms with Crippen LogP contribution in [0.15, 0.2) is 0 Å². The van der Waals surface area contributed by atoms with Crippen LogP contribution in [0.1, 0.15) is 0 Å². The maximum Gasteiger partial charge on any atom is 0.325 e. The zero-order valence-corrected chi connectivity index (χ0v) is 8.76. The summed E-state index contributed by atoms with van der Waals surface area (Å²) in [6.45, 7) is -0.116. The minimum atomic E-state index is -0.875. The summed E-state index contributed by atoms with van der Waals surface area (Å²) >= 11 is 0. The first-order valence-electron chi connectivity index (χ1n) is 4.27. The van der Waals surface area contributed by atoms with Gasteiger partial charge in [0.25, 0.3) is 0 Å². The molecule has 0 unspecified atom stereocenters.